The molecule has 0 amide bonds. The molecule has 0 aromatic heterocycles. The number of aliphatic hydroxyl groups excluding tert-OH is 2. The summed E-state index contributed by atoms with van der Waals surface area (Å²) in [5, 5.41) is 23.5. The summed E-state index contributed by atoms with van der Waals surface area (Å²) >= 11 is 0. The molecule has 3 N–H and O–H groups in total. The largest absolute Gasteiger partial charge is 0.481 e. The van der Waals surface area contributed by atoms with E-state index in [9.17, 15) is 4.79 Å². The van der Waals surface area contributed by atoms with Crippen molar-refractivity contribution in [3.05, 3.63) is 0 Å². The molecule has 4 nitrogen and oxygen atoms in total. The minimum Gasteiger partial charge on any atom is -0.481 e. The van der Waals surface area contributed by atoms with Crippen LogP contribution >= 0.6 is 0 Å². The fraction of sp³-hybridized carbons (Fsp3) is 0.889. The lowest BCUT2D eigenvalue weighted by Crippen LogP contribution is -1.86. The molecule has 0 aliphatic rings. The number of aliphatic hydroxyl groups is 2. The van der Waals surface area contributed by atoms with Gasteiger partial charge in [-0.3, -0.25) is 4.79 Å². The van der Waals surface area contributed by atoms with Crippen LogP contribution in [0, 0.1) is 0 Å². The molecule has 0 aromatic rings. The first-order valence-electron chi connectivity index (χ1n) is 4.54. The highest BCUT2D eigenvalue weighted by atomic mass is 16.4. The van der Waals surface area contributed by atoms with Crippen molar-refractivity contribution in [1.29, 1.82) is 0 Å². The number of aliphatic carboxylic acids is 1. The molecule has 0 radical (unpaired) electrons. The van der Waals surface area contributed by atoms with Crippen molar-refractivity contribution in [2.75, 3.05) is 13.2 Å². The molecule has 0 aliphatic heterocycles. The predicted octanol–water partition coefficient (Wildman–Crippen LogP) is 1.26. The third-order valence-corrected chi connectivity index (χ3v) is 0.750. The Hall–Kier alpha value is -0.610. The summed E-state index contributed by atoms with van der Waals surface area (Å²) < 4.78 is 0. The molecule has 0 atom stereocenters. The van der Waals surface area contributed by atoms with Gasteiger partial charge in [-0.1, -0.05) is 20.8 Å². The molecule has 0 bridgehead atoms. The zero-order valence-electron chi connectivity index (χ0n) is 8.79. The highest BCUT2D eigenvalue weighted by Gasteiger charge is 1.80. The number of carbonyl (C=O) groups is 1. The van der Waals surface area contributed by atoms with Gasteiger partial charge in [0.2, 0.25) is 0 Å². The molecule has 0 aliphatic carbocycles. The highest BCUT2D eigenvalue weighted by Crippen LogP contribution is 1.67. The molecular formula is C9H22O4. The Morgan fingerprint density at radius 2 is 1.15 bits per heavy atom. The van der Waals surface area contributed by atoms with Gasteiger partial charge in [-0.05, 0) is 12.8 Å². The lowest BCUT2D eigenvalue weighted by molar-refractivity contribution is -0.136. The van der Waals surface area contributed by atoms with Gasteiger partial charge in [0.05, 0.1) is 0 Å². The number of carboxylic acid groups (broad SMARTS) is 1. The molecule has 0 saturated carbocycles. The van der Waals surface area contributed by atoms with E-state index in [1.165, 1.54) is 0 Å². The Morgan fingerprint density at radius 1 is 1.00 bits per heavy atom. The average molecular weight is 194 g/mol. The Morgan fingerprint density at radius 3 is 1.15 bits per heavy atom. The van der Waals surface area contributed by atoms with Gasteiger partial charge >= 0.3 is 5.97 Å². The van der Waals surface area contributed by atoms with Crippen molar-refractivity contribution in [1.82, 2.24) is 0 Å². The van der Waals surface area contributed by atoms with E-state index in [1.54, 1.807) is 6.92 Å². The van der Waals surface area contributed by atoms with Crippen LogP contribution in [0.3, 0.4) is 0 Å². The van der Waals surface area contributed by atoms with E-state index in [0.717, 1.165) is 12.8 Å². The average Bonchev–Trinajstić information content (AvgIpc) is 2.18. The Balaban J connectivity index is -0.000000117. The molecule has 0 aromatic carbocycles. The van der Waals surface area contributed by atoms with Crippen molar-refractivity contribution in [2.45, 2.75) is 40.0 Å². The van der Waals surface area contributed by atoms with Gasteiger partial charge in [-0.2, -0.15) is 0 Å². The lowest BCUT2D eigenvalue weighted by Gasteiger charge is -1.71. The second-order valence-corrected chi connectivity index (χ2v) is 2.19. The van der Waals surface area contributed by atoms with E-state index in [2.05, 4.69) is 0 Å². The molecule has 0 fully saturated rings. The van der Waals surface area contributed by atoms with Gasteiger partial charge in [0, 0.05) is 19.6 Å². The summed E-state index contributed by atoms with van der Waals surface area (Å²) in [5.41, 5.74) is 0. The molecule has 13 heavy (non-hydrogen) atoms. The topological polar surface area (TPSA) is 77.8 Å². The van der Waals surface area contributed by atoms with Crippen LogP contribution in [0.2, 0.25) is 0 Å². The predicted molar refractivity (Wildman–Crippen MR) is 52.7 cm³/mol. The zero-order chi connectivity index (χ0) is 11.1. The number of carboxylic acids is 1. The minimum absolute atomic E-state index is 0.222. The molecule has 82 valence electrons. The van der Waals surface area contributed by atoms with Crippen molar-refractivity contribution >= 4 is 5.97 Å². The van der Waals surface area contributed by atoms with E-state index < -0.39 is 5.97 Å². The number of rotatable bonds is 3. The summed E-state index contributed by atoms with van der Waals surface area (Å²) in [6, 6.07) is 0. The summed E-state index contributed by atoms with van der Waals surface area (Å²) in [6.45, 7) is 6.10. The minimum atomic E-state index is -0.745. The fourth-order valence-corrected chi connectivity index (χ4v) is 0. The van der Waals surface area contributed by atoms with Crippen LogP contribution in [0.1, 0.15) is 40.0 Å². The standard InChI is InChI=1S/C3H6O2.2C3H8O/c1-2-3(4)5;2*1-2-3-4/h2H2,1H3,(H,4,5);2*4H,2-3H2,1H3. The highest BCUT2D eigenvalue weighted by molar-refractivity contribution is 5.66. The zero-order valence-corrected chi connectivity index (χ0v) is 8.79. The molecule has 0 unspecified atom stereocenters. The first-order chi connectivity index (χ1) is 6.10. The second kappa shape index (κ2) is 22.5. The molecule has 0 saturated heterocycles. The monoisotopic (exact) mass is 194 g/mol. The second-order valence-electron chi connectivity index (χ2n) is 2.19. The quantitative estimate of drug-likeness (QED) is 0.632. The Labute approximate surface area is 80.2 Å². The fourth-order valence-electron chi connectivity index (χ4n) is 0. The van der Waals surface area contributed by atoms with E-state index in [-0.39, 0.29) is 6.42 Å². The van der Waals surface area contributed by atoms with Gasteiger partial charge in [0.15, 0.2) is 0 Å². The summed E-state index contributed by atoms with van der Waals surface area (Å²) in [4.78, 5) is 9.37. The lowest BCUT2D eigenvalue weighted by atomic mass is 10.5. The summed E-state index contributed by atoms with van der Waals surface area (Å²) in [5.74, 6) is -0.745. The number of hydrogen-bond donors (Lipinski definition) is 3. The third-order valence-electron chi connectivity index (χ3n) is 0.750. The maximum absolute atomic E-state index is 9.37. The van der Waals surface area contributed by atoms with Crippen LogP contribution < -0.4 is 0 Å². The molecule has 0 heterocycles. The van der Waals surface area contributed by atoms with Crippen LogP contribution in [0.5, 0.6) is 0 Å². The smallest absolute Gasteiger partial charge is 0.303 e. The van der Waals surface area contributed by atoms with Crippen molar-refractivity contribution in [2.24, 2.45) is 0 Å². The van der Waals surface area contributed by atoms with Crippen molar-refractivity contribution < 1.29 is 20.1 Å². The van der Waals surface area contributed by atoms with Gasteiger partial charge in [-0.25, -0.2) is 0 Å². The summed E-state index contributed by atoms with van der Waals surface area (Å²) in [7, 11) is 0. The third kappa shape index (κ3) is 87.4. The molecule has 0 rings (SSSR count). The van der Waals surface area contributed by atoms with Gasteiger partial charge in [0.1, 0.15) is 0 Å². The normalized spacial score (nSPS) is 7.46. The molecule has 0 spiro atoms. The van der Waals surface area contributed by atoms with Crippen LogP contribution in [-0.2, 0) is 4.79 Å². The van der Waals surface area contributed by atoms with Crippen molar-refractivity contribution in [3.63, 3.8) is 0 Å². The maximum Gasteiger partial charge on any atom is 0.303 e. The van der Waals surface area contributed by atoms with E-state index in [4.69, 9.17) is 15.3 Å². The van der Waals surface area contributed by atoms with E-state index in [0.29, 0.717) is 13.2 Å². The van der Waals surface area contributed by atoms with Gasteiger partial charge in [-0.15, -0.1) is 0 Å². The van der Waals surface area contributed by atoms with Crippen LogP contribution in [0.15, 0.2) is 0 Å². The van der Waals surface area contributed by atoms with E-state index >= 15 is 0 Å². The first kappa shape index (κ1) is 18.2. The van der Waals surface area contributed by atoms with Gasteiger partial charge in [0.25, 0.3) is 0 Å². The van der Waals surface area contributed by atoms with Crippen LogP contribution in [-0.4, -0.2) is 34.5 Å². The molecule has 4 heteroatoms. The Kier molecular flexibility index (Phi) is 31.6. The SMILES string of the molecule is CCC(=O)O.CCCO.CCCO. The van der Waals surface area contributed by atoms with Crippen LogP contribution in [0.25, 0.3) is 0 Å². The maximum atomic E-state index is 9.37. The molecular weight excluding hydrogens is 172 g/mol. The van der Waals surface area contributed by atoms with E-state index in [1.807, 2.05) is 13.8 Å². The first-order valence-corrected chi connectivity index (χ1v) is 4.54. The summed E-state index contributed by atoms with van der Waals surface area (Å²) in [6.07, 6.45) is 1.97. The Bertz CT molecular complexity index is 75.7. The van der Waals surface area contributed by atoms with Gasteiger partial charge < -0.3 is 15.3 Å². The number of hydrogen-bond acceptors (Lipinski definition) is 3. The van der Waals surface area contributed by atoms with Crippen LogP contribution in [0.4, 0.5) is 0 Å². The van der Waals surface area contributed by atoms with Crippen molar-refractivity contribution in [3.8, 4) is 0 Å².